The molecule has 2 aromatic carbocycles. The van der Waals surface area contributed by atoms with Gasteiger partial charge in [0.15, 0.2) is 0 Å². The predicted molar refractivity (Wildman–Crippen MR) is 76.0 cm³/mol. The Morgan fingerprint density at radius 2 is 1.72 bits per heavy atom. The van der Waals surface area contributed by atoms with Crippen LogP contribution in [0.1, 0.15) is 19.4 Å². The van der Waals surface area contributed by atoms with E-state index < -0.39 is 5.60 Å². The molecule has 0 saturated heterocycles. The number of rotatable bonds is 3. The van der Waals surface area contributed by atoms with Gasteiger partial charge in [0, 0.05) is 6.07 Å². The Kier molecular flexibility index (Phi) is 3.48. The van der Waals surface area contributed by atoms with Crippen LogP contribution in [-0.4, -0.2) is 0 Å². The summed E-state index contributed by atoms with van der Waals surface area (Å²) < 4.78 is 5.99. The molecule has 0 fully saturated rings. The lowest BCUT2D eigenvalue weighted by molar-refractivity contribution is 0.109. The second-order valence-corrected chi connectivity index (χ2v) is 5.07. The van der Waals surface area contributed by atoms with E-state index >= 15 is 0 Å². The standard InChI is InChI=1S/C15H16ClNO/c1-15(2,11-6-4-3-5-7-11)18-12-8-9-13(16)14(17)10-12/h3-10H,17H2,1-2H3. The molecule has 0 aromatic heterocycles. The van der Waals surface area contributed by atoms with Gasteiger partial charge in [-0.2, -0.15) is 0 Å². The van der Waals surface area contributed by atoms with E-state index in [-0.39, 0.29) is 0 Å². The van der Waals surface area contributed by atoms with Crippen molar-refractivity contribution in [2.24, 2.45) is 0 Å². The van der Waals surface area contributed by atoms with Gasteiger partial charge in [0.05, 0.1) is 10.7 Å². The average molecular weight is 262 g/mol. The van der Waals surface area contributed by atoms with Crippen LogP contribution in [0.25, 0.3) is 0 Å². The first kappa shape index (κ1) is 12.8. The molecule has 2 N–H and O–H groups in total. The number of halogens is 1. The van der Waals surface area contributed by atoms with Crippen LogP contribution in [0, 0.1) is 0 Å². The SMILES string of the molecule is CC(C)(Oc1ccc(Cl)c(N)c1)c1ccccc1. The van der Waals surface area contributed by atoms with Crippen molar-refractivity contribution in [3.8, 4) is 5.75 Å². The fourth-order valence-electron chi connectivity index (χ4n) is 1.78. The summed E-state index contributed by atoms with van der Waals surface area (Å²) in [5.41, 5.74) is 6.99. The summed E-state index contributed by atoms with van der Waals surface area (Å²) in [6.07, 6.45) is 0. The Labute approximate surface area is 112 Å². The number of ether oxygens (including phenoxy) is 1. The summed E-state index contributed by atoms with van der Waals surface area (Å²) in [7, 11) is 0. The summed E-state index contributed by atoms with van der Waals surface area (Å²) in [4.78, 5) is 0. The molecule has 0 aliphatic rings. The van der Waals surface area contributed by atoms with Gasteiger partial charge in [0.2, 0.25) is 0 Å². The third-order valence-electron chi connectivity index (χ3n) is 2.81. The Balaban J connectivity index is 2.25. The minimum Gasteiger partial charge on any atom is -0.483 e. The van der Waals surface area contributed by atoms with Crippen LogP contribution in [0.5, 0.6) is 5.75 Å². The largest absolute Gasteiger partial charge is 0.483 e. The van der Waals surface area contributed by atoms with E-state index in [2.05, 4.69) is 0 Å². The second kappa shape index (κ2) is 4.91. The molecule has 0 amide bonds. The van der Waals surface area contributed by atoms with Crippen LogP contribution in [0.2, 0.25) is 5.02 Å². The van der Waals surface area contributed by atoms with Crippen molar-refractivity contribution in [3.63, 3.8) is 0 Å². The second-order valence-electron chi connectivity index (χ2n) is 4.66. The van der Waals surface area contributed by atoms with Gasteiger partial charge in [-0.15, -0.1) is 0 Å². The fraction of sp³-hybridized carbons (Fsp3) is 0.200. The van der Waals surface area contributed by atoms with Crippen LogP contribution in [-0.2, 0) is 5.60 Å². The van der Waals surface area contributed by atoms with Gasteiger partial charge in [-0.3, -0.25) is 0 Å². The van der Waals surface area contributed by atoms with Gasteiger partial charge < -0.3 is 10.5 Å². The number of nitrogens with two attached hydrogens (primary N) is 1. The molecule has 0 saturated carbocycles. The summed E-state index contributed by atoms with van der Waals surface area (Å²) in [6, 6.07) is 15.4. The molecule has 0 aliphatic carbocycles. The Bertz CT molecular complexity index is 537. The van der Waals surface area contributed by atoms with E-state index in [1.54, 1.807) is 12.1 Å². The summed E-state index contributed by atoms with van der Waals surface area (Å²) in [5.74, 6) is 0.714. The molecular formula is C15H16ClNO. The van der Waals surface area contributed by atoms with Crippen molar-refractivity contribution in [1.29, 1.82) is 0 Å². The Hall–Kier alpha value is -1.67. The number of benzene rings is 2. The van der Waals surface area contributed by atoms with Gasteiger partial charge in [-0.05, 0) is 31.5 Å². The smallest absolute Gasteiger partial charge is 0.128 e. The van der Waals surface area contributed by atoms with E-state index in [1.807, 2.05) is 50.2 Å². The number of hydrogen-bond donors (Lipinski definition) is 1. The highest BCUT2D eigenvalue weighted by Gasteiger charge is 2.22. The first-order valence-corrected chi connectivity index (χ1v) is 6.16. The molecule has 3 heteroatoms. The zero-order chi connectivity index (χ0) is 13.2. The molecule has 94 valence electrons. The number of hydrogen-bond acceptors (Lipinski definition) is 2. The maximum absolute atomic E-state index is 5.99. The van der Waals surface area contributed by atoms with Gasteiger partial charge in [0.25, 0.3) is 0 Å². The van der Waals surface area contributed by atoms with Crippen molar-refractivity contribution >= 4 is 17.3 Å². The lowest BCUT2D eigenvalue weighted by Gasteiger charge is -2.27. The van der Waals surface area contributed by atoms with Crippen LogP contribution in [0.4, 0.5) is 5.69 Å². The van der Waals surface area contributed by atoms with Gasteiger partial charge in [0.1, 0.15) is 11.4 Å². The molecule has 2 rings (SSSR count). The monoisotopic (exact) mass is 261 g/mol. The van der Waals surface area contributed by atoms with Crippen LogP contribution < -0.4 is 10.5 Å². The Morgan fingerprint density at radius 1 is 1.06 bits per heavy atom. The van der Waals surface area contributed by atoms with E-state index in [4.69, 9.17) is 22.1 Å². The first-order chi connectivity index (χ1) is 8.49. The topological polar surface area (TPSA) is 35.2 Å². The summed E-state index contributed by atoms with van der Waals surface area (Å²) in [5, 5.41) is 0.542. The molecule has 0 radical (unpaired) electrons. The summed E-state index contributed by atoms with van der Waals surface area (Å²) >= 11 is 5.89. The van der Waals surface area contributed by atoms with Crippen LogP contribution in [0.3, 0.4) is 0 Å². The number of nitrogen functional groups attached to an aromatic ring is 1. The fourth-order valence-corrected chi connectivity index (χ4v) is 1.90. The third kappa shape index (κ3) is 2.77. The molecule has 0 unspecified atom stereocenters. The van der Waals surface area contributed by atoms with E-state index in [0.717, 1.165) is 5.56 Å². The van der Waals surface area contributed by atoms with Gasteiger partial charge in [-0.1, -0.05) is 41.9 Å². The highest BCUT2D eigenvalue weighted by molar-refractivity contribution is 6.33. The molecule has 18 heavy (non-hydrogen) atoms. The first-order valence-electron chi connectivity index (χ1n) is 5.78. The minimum absolute atomic E-state index is 0.415. The molecule has 0 aliphatic heterocycles. The maximum atomic E-state index is 5.99. The number of anilines is 1. The highest BCUT2D eigenvalue weighted by atomic mass is 35.5. The van der Waals surface area contributed by atoms with E-state index in [1.165, 1.54) is 0 Å². The predicted octanol–water partition coefficient (Wildman–Crippen LogP) is 4.24. The molecule has 2 nitrogen and oxygen atoms in total. The molecular weight excluding hydrogens is 246 g/mol. The lowest BCUT2D eigenvalue weighted by atomic mass is 9.98. The Morgan fingerprint density at radius 3 is 2.33 bits per heavy atom. The molecule has 0 heterocycles. The highest BCUT2D eigenvalue weighted by Crippen LogP contribution is 2.30. The normalized spacial score (nSPS) is 11.3. The zero-order valence-electron chi connectivity index (χ0n) is 10.5. The maximum Gasteiger partial charge on any atom is 0.128 e. The van der Waals surface area contributed by atoms with E-state index in [0.29, 0.717) is 16.5 Å². The minimum atomic E-state index is -0.415. The molecule has 0 atom stereocenters. The molecule has 2 aromatic rings. The van der Waals surface area contributed by atoms with Crippen LogP contribution >= 0.6 is 11.6 Å². The van der Waals surface area contributed by atoms with Crippen molar-refractivity contribution < 1.29 is 4.74 Å². The third-order valence-corrected chi connectivity index (χ3v) is 3.15. The average Bonchev–Trinajstić information content (AvgIpc) is 2.35. The molecule has 0 spiro atoms. The zero-order valence-corrected chi connectivity index (χ0v) is 11.2. The quantitative estimate of drug-likeness (QED) is 0.839. The summed E-state index contributed by atoms with van der Waals surface area (Å²) in [6.45, 7) is 4.04. The van der Waals surface area contributed by atoms with Crippen LogP contribution in [0.15, 0.2) is 48.5 Å². The van der Waals surface area contributed by atoms with E-state index in [9.17, 15) is 0 Å². The van der Waals surface area contributed by atoms with Crippen molar-refractivity contribution in [3.05, 3.63) is 59.1 Å². The lowest BCUT2D eigenvalue weighted by Crippen LogP contribution is -2.25. The van der Waals surface area contributed by atoms with Crippen molar-refractivity contribution in [2.75, 3.05) is 5.73 Å². The van der Waals surface area contributed by atoms with Gasteiger partial charge in [-0.25, -0.2) is 0 Å². The van der Waals surface area contributed by atoms with Crippen molar-refractivity contribution in [1.82, 2.24) is 0 Å². The van der Waals surface area contributed by atoms with Gasteiger partial charge >= 0.3 is 0 Å². The van der Waals surface area contributed by atoms with Crippen molar-refractivity contribution in [2.45, 2.75) is 19.4 Å². The molecule has 0 bridgehead atoms.